The summed E-state index contributed by atoms with van der Waals surface area (Å²) in [5.74, 6) is -0.220. The number of aromatic nitrogens is 1. The zero-order chi connectivity index (χ0) is 18.7. The maximum atomic E-state index is 13.1. The normalized spacial score (nSPS) is 10.7. The Morgan fingerprint density at radius 3 is 2.65 bits per heavy atom. The lowest BCUT2D eigenvalue weighted by Gasteiger charge is -2.23. The maximum absolute atomic E-state index is 13.1. The molecule has 0 spiro atoms. The number of amides is 1. The van der Waals surface area contributed by atoms with Gasteiger partial charge in [0.2, 0.25) is 0 Å². The number of aryl methyl sites for hydroxylation is 2. The number of benzene rings is 1. The van der Waals surface area contributed by atoms with E-state index in [9.17, 15) is 14.9 Å². The van der Waals surface area contributed by atoms with E-state index in [0.29, 0.717) is 24.2 Å². The minimum atomic E-state index is -0.451. The molecule has 134 valence electrons. The van der Waals surface area contributed by atoms with Crippen molar-refractivity contribution >= 4 is 22.9 Å². The van der Waals surface area contributed by atoms with E-state index < -0.39 is 4.92 Å². The number of carbonyl (C=O) groups is 1. The third-order valence-corrected chi connectivity index (χ3v) is 5.13. The van der Waals surface area contributed by atoms with Gasteiger partial charge >= 0.3 is 0 Å². The van der Waals surface area contributed by atoms with Crippen LogP contribution >= 0.6 is 11.3 Å². The maximum Gasteiger partial charge on any atom is 0.273 e. The minimum Gasteiger partial charge on any atom is -0.353 e. The molecule has 0 aliphatic carbocycles. The Morgan fingerprint density at radius 2 is 2.04 bits per heavy atom. The zero-order valence-corrected chi connectivity index (χ0v) is 15.4. The topological polar surface area (TPSA) is 68.4 Å². The van der Waals surface area contributed by atoms with E-state index in [-0.39, 0.29) is 11.6 Å². The van der Waals surface area contributed by atoms with Crippen molar-refractivity contribution in [2.24, 2.45) is 7.05 Å². The van der Waals surface area contributed by atoms with Gasteiger partial charge in [-0.3, -0.25) is 14.9 Å². The van der Waals surface area contributed by atoms with Crippen molar-refractivity contribution < 1.29 is 9.72 Å². The second-order valence-corrected chi connectivity index (χ2v) is 7.14. The molecule has 2 aromatic heterocycles. The molecule has 26 heavy (non-hydrogen) atoms. The van der Waals surface area contributed by atoms with Crippen LogP contribution in [0.3, 0.4) is 0 Å². The molecule has 2 heterocycles. The van der Waals surface area contributed by atoms with E-state index in [1.807, 2.05) is 47.5 Å². The van der Waals surface area contributed by atoms with Crippen LogP contribution in [0.25, 0.3) is 0 Å². The summed E-state index contributed by atoms with van der Waals surface area (Å²) in [6.07, 6.45) is 1.93. The average Bonchev–Trinajstić information content (AvgIpc) is 3.26. The van der Waals surface area contributed by atoms with E-state index in [2.05, 4.69) is 0 Å². The molecule has 0 fully saturated rings. The van der Waals surface area contributed by atoms with E-state index in [0.717, 1.165) is 10.6 Å². The molecule has 1 aromatic carbocycles. The number of hydrogen-bond acceptors (Lipinski definition) is 4. The van der Waals surface area contributed by atoms with Crippen molar-refractivity contribution in [1.29, 1.82) is 0 Å². The van der Waals surface area contributed by atoms with E-state index >= 15 is 0 Å². The lowest BCUT2D eigenvalue weighted by molar-refractivity contribution is -0.385. The zero-order valence-electron chi connectivity index (χ0n) is 14.6. The molecule has 0 unspecified atom stereocenters. The molecular weight excluding hydrogens is 350 g/mol. The summed E-state index contributed by atoms with van der Waals surface area (Å²) < 4.78 is 1.96. The van der Waals surface area contributed by atoms with Gasteiger partial charge in [0.05, 0.1) is 18.0 Å². The molecule has 0 saturated heterocycles. The van der Waals surface area contributed by atoms with Crippen LogP contribution in [-0.4, -0.2) is 20.3 Å². The van der Waals surface area contributed by atoms with Gasteiger partial charge in [-0.05, 0) is 36.6 Å². The molecular formula is C19H19N3O3S. The molecule has 0 aliphatic rings. The van der Waals surface area contributed by atoms with Crippen molar-refractivity contribution in [3.63, 3.8) is 0 Å². The summed E-state index contributed by atoms with van der Waals surface area (Å²) in [5, 5.41) is 13.2. The Labute approximate surface area is 155 Å². The number of nitro benzene ring substituents is 1. The molecule has 1 amide bonds. The predicted molar refractivity (Wildman–Crippen MR) is 101 cm³/mol. The van der Waals surface area contributed by atoms with Gasteiger partial charge in [-0.2, -0.15) is 0 Å². The first kappa shape index (κ1) is 17.9. The summed E-state index contributed by atoms with van der Waals surface area (Å²) in [5.41, 5.74) is 1.83. The first-order valence-electron chi connectivity index (χ1n) is 8.12. The number of thiophene rings is 1. The van der Waals surface area contributed by atoms with Gasteiger partial charge in [-0.1, -0.05) is 12.1 Å². The third-order valence-electron chi connectivity index (χ3n) is 4.27. The van der Waals surface area contributed by atoms with Crippen molar-refractivity contribution in [3.8, 4) is 0 Å². The fourth-order valence-corrected chi connectivity index (χ4v) is 3.49. The Balaban J connectivity index is 1.92. The number of hydrogen-bond donors (Lipinski definition) is 0. The van der Waals surface area contributed by atoms with Crippen molar-refractivity contribution in [1.82, 2.24) is 9.47 Å². The summed E-state index contributed by atoms with van der Waals surface area (Å²) in [7, 11) is 1.93. The molecule has 0 bridgehead atoms. The van der Waals surface area contributed by atoms with Crippen LogP contribution in [0.2, 0.25) is 0 Å². The summed E-state index contributed by atoms with van der Waals surface area (Å²) >= 11 is 1.58. The Bertz CT molecular complexity index is 931. The lowest BCUT2D eigenvalue weighted by Crippen LogP contribution is -2.30. The predicted octanol–water partition coefficient (Wildman–Crippen LogP) is 4.15. The van der Waals surface area contributed by atoms with Crippen LogP contribution in [0, 0.1) is 17.0 Å². The van der Waals surface area contributed by atoms with E-state index in [1.54, 1.807) is 35.3 Å². The summed E-state index contributed by atoms with van der Waals surface area (Å²) in [6, 6.07) is 12.5. The SMILES string of the molecule is Cc1ccc(C(=O)N(Cc2cccs2)Cc2cccn2C)cc1[N+](=O)[O-]. The van der Waals surface area contributed by atoms with Gasteiger partial charge in [0.25, 0.3) is 11.6 Å². The highest BCUT2D eigenvalue weighted by molar-refractivity contribution is 7.09. The summed E-state index contributed by atoms with van der Waals surface area (Å²) in [4.78, 5) is 26.6. The molecule has 3 aromatic rings. The van der Waals surface area contributed by atoms with Gasteiger partial charge in [-0.15, -0.1) is 11.3 Å². The van der Waals surface area contributed by atoms with Crippen LogP contribution in [0.4, 0.5) is 5.69 Å². The lowest BCUT2D eigenvalue weighted by atomic mass is 10.1. The van der Waals surface area contributed by atoms with Crippen LogP contribution in [0.15, 0.2) is 54.0 Å². The molecule has 0 N–H and O–H groups in total. The van der Waals surface area contributed by atoms with Gasteiger partial charge in [-0.25, -0.2) is 0 Å². The highest BCUT2D eigenvalue weighted by Gasteiger charge is 2.21. The largest absolute Gasteiger partial charge is 0.353 e. The van der Waals surface area contributed by atoms with Crippen LogP contribution in [-0.2, 0) is 20.1 Å². The number of carbonyl (C=O) groups excluding carboxylic acids is 1. The molecule has 7 heteroatoms. The monoisotopic (exact) mass is 369 g/mol. The molecule has 0 atom stereocenters. The van der Waals surface area contributed by atoms with Crippen LogP contribution < -0.4 is 0 Å². The fraction of sp³-hybridized carbons (Fsp3) is 0.211. The Kier molecular flexibility index (Phi) is 5.18. The third kappa shape index (κ3) is 3.83. The Hall–Kier alpha value is -2.93. The van der Waals surface area contributed by atoms with Crippen molar-refractivity contribution in [3.05, 3.63) is 85.9 Å². The first-order chi connectivity index (χ1) is 12.5. The van der Waals surface area contributed by atoms with Crippen molar-refractivity contribution in [2.45, 2.75) is 20.0 Å². The summed E-state index contributed by atoms with van der Waals surface area (Å²) in [6.45, 7) is 2.56. The van der Waals surface area contributed by atoms with Crippen molar-refractivity contribution in [2.75, 3.05) is 0 Å². The number of rotatable bonds is 6. The standard InChI is InChI=1S/C19H19N3O3S/c1-14-7-8-15(11-18(14)22(24)25)19(23)21(13-17-6-4-10-26-17)12-16-5-3-9-20(16)2/h3-11H,12-13H2,1-2H3. The van der Waals surface area contributed by atoms with Crippen LogP contribution in [0.5, 0.6) is 0 Å². The fourth-order valence-electron chi connectivity index (χ4n) is 2.77. The second kappa shape index (κ2) is 7.53. The van der Waals surface area contributed by atoms with Gasteiger partial charge in [0, 0.05) is 41.0 Å². The second-order valence-electron chi connectivity index (χ2n) is 6.11. The van der Waals surface area contributed by atoms with E-state index in [4.69, 9.17) is 0 Å². The minimum absolute atomic E-state index is 0.0363. The molecule has 0 saturated carbocycles. The molecule has 6 nitrogen and oxygen atoms in total. The molecule has 0 radical (unpaired) electrons. The number of nitrogens with zero attached hydrogens (tertiary/aromatic N) is 3. The number of nitro groups is 1. The Morgan fingerprint density at radius 1 is 1.23 bits per heavy atom. The van der Waals surface area contributed by atoms with Gasteiger partial charge in [0.15, 0.2) is 0 Å². The smallest absolute Gasteiger partial charge is 0.273 e. The highest BCUT2D eigenvalue weighted by Crippen LogP contribution is 2.22. The average molecular weight is 369 g/mol. The van der Waals surface area contributed by atoms with Gasteiger partial charge < -0.3 is 9.47 Å². The first-order valence-corrected chi connectivity index (χ1v) is 9.00. The van der Waals surface area contributed by atoms with Gasteiger partial charge in [0.1, 0.15) is 0 Å². The highest BCUT2D eigenvalue weighted by atomic mass is 32.1. The quantitative estimate of drug-likeness (QED) is 0.484. The molecule has 3 rings (SSSR count). The van der Waals surface area contributed by atoms with Crippen LogP contribution in [0.1, 0.15) is 26.5 Å². The van der Waals surface area contributed by atoms with E-state index in [1.165, 1.54) is 6.07 Å². The molecule has 0 aliphatic heterocycles.